The van der Waals surface area contributed by atoms with Crippen LogP contribution in [0.15, 0.2) is 29.3 Å². The number of unbranched alkanes of at least 4 members (excludes halogenated alkanes) is 1. The Morgan fingerprint density at radius 3 is 2.54 bits per heavy atom. The number of hydrogen-bond donors (Lipinski definition) is 2. The van der Waals surface area contributed by atoms with Crippen molar-refractivity contribution in [1.82, 2.24) is 10.6 Å². The molecule has 2 N–H and O–H groups in total. The minimum absolute atomic E-state index is 0. The summed E-state index contributed by atoms with van der Waals surface area (Å²) in [7, 11) is 5.13. The van der Waals surface area contributed by atoms with Gasteiger partial charge in [0.05, 0.1) is 20.3 Å². The van der Waals surface area contributed by atoms with Gasteiger partial charge in [0.2, 0.25) is 0 Å². The topological polar surface area (TPSA) is 64.1 Å². The molecule has 7 heteroatoms. The zero-order valence-corrected chi connectivity index (χ0v) is 17.2. The second-order valence-corrected chi connectivity index (χ2v) is 4.98. The predicted molar refractivity (Wildman–Crippen MR) is 109 cm³/mol. The smallest absolute Gasteiger partial charge is 0.191 e. The number of benzene rings is 1. The van der Waals surface area contributed by atoms with Crippen LogP contribution in [-0.2, 0) is 16.0 Å². The van der Waals surface area contributed by atoms with Gasteiger partial charge in [-0.25, -0.2) is 0 Å². The highest BCUT2D eigenvalue weighted by molar-refractivity contribution is 14.0. The highest BCUT2D eigenvalue weighted by Crippen LogP contribution is 2.16. The molecule has 0 bridgehead atoms. The van der Waals surface area contributed by atoms with Crippen molar-refractivity contribution in [2.45, 2.75) is 19.4 Å². The Bertz CT molecular complexity index is 458. The summed E-state index contributed by atoms with van der Waals surface area (Å²) in [4.78, 5) is 4.22. The predicted octanol–water partition coefficient (Wildman–Crippen LogP) is 2.42. The molecule has 0 aliphatic heterocycles. The minimum Gasteiger partial charge on any atom is -0.496 e. The van der Waals surface area contributed by atoms with Crippen LogP contribution in [0.4, 0.5) is 0 Å². The van der Waals surface area contributed by atoms with E-state index in [0.29, 0.717) is 19.8 Å². The highest BCUT2D eigenvalue weighted by Gasteiger charge is 2.03. The van der Waals surface area contributed by atoms with Crippen LogP contribution in [-0.4, -0.2) is 53.6 Å². The van der Waals surface area contributed by atoms with E-state index in [1.165, 1.54) is 0 Å². The first-order chi connectivity index (χ1) is 11.3. The summed E-state index contributed by atoms with van der Waals surface area (Å²) in [5.74, 6) is 1.67. The first-order valence-electron chi connectivity index (χ1n) is 7.95. The first-order valence-corrected chi connectivity index (χ1v) is 7.95. The van der Waals surface area contributed by atoms with E-state index in [1.54, 1.807) is 21.3 Å². The van der Waals surface area contributed by atoms with Gasteiger partial charge in [-0.3, -0.25) is 4.99 Å². The number of hydrogen-bond acceptors (Lipinski definition) is 4. The van der Waals surface area contributed by atoms with Gasteiger partial charge in [0.1, 0.15) is 5.75 Å². The fourth-order valence-corrected chi connectivity index (χ4v) is 2.03. The van der Waals surface area contributed by atoms with Crippen LogP contribution in [0.5, 0.6) is 5.75 Å². The summed E-state index contributed by atoms with van der Waals surface area (Å²) >= 11 is 0. The van der Waals surface area contributed by atoms with Crippen molar-refractivity contribution in [3.05, 3.63) is 29.8 Å². The average Bonchev–Trinajstić information content (AvgIpc) is 2.60. The zero-order chi connectivity index (χ0) is 16.8. The third-order valence-electron chi connectivity index (χ3n) is 3.30. The lowest BCUT2D eigenvalue weighted by Gasteiger charge is -2.13. The number of aliphatic imine (C=N–C) groups is 1. The van der Waals surface area contributed by atoms with Gasteiger partial charge < -0.3 is 24.8 Å². The fraction of sp³-hybridized carbons (Fsp3) is 0.588. The molecule has 0 unspecified atom stereocenters. The minimum atomic E-state index is 0. The van der Waals surface area contributed by atoms with E-state index in [4.69, 9.17) is 14.2 Å². The highest BCUT2D eigenvalue weighted by atomic mass is 127. The molecule has 0 radical (unpaired) electrons. The van der Waals surface area contributed by atoms with E-state index in [2.05, 4.69) is 15.6 Å². The third kappa shape index (κ3) is 9.94. The van der Waals surface area contributed by atoms with Crippen LogP contribution in [0.1, 0.15) is 18.4 Å². The molecule has 0 aliphatic rings. The van der Waals surface area contributed by atoms with Gasteiger partial charge >= 0.3 is 0 Å². The van der Waals surface area contributed by atoms with Crippen LogP contribution in [0.25, 0.3) is 0 Å². The van der Waals surface area contributed by atoms with Crippen LogP contribution < -0.4 is 15.4 Å². The van der Waals surface area contributed by atoms with Gasteiger partial charge in [0, 0.05) is 39.4 Å². The molecular formula is C17H30IN3O3. The molecule has 1 aromatic rings. The van der Waals surface area contributed by atoms with E-state index in [-0.39, 0.29) is 24.0 Å². The number of methoxy groups -OCH3 is 2. The van der Waals surface area contributed by atoms with Gasteiger partial charge in [-0.2, -0.15) is 0 Å². The molecule has 1 aromatic carbocycles. The van der Waals surface area contributed by atoms with Crippen LogP contribution in [0.3, 0.4) is 0 Å². The number of rotatable bonds is 11. The fourth-order valence-electron chi connectivity index (χ4n) is 2.03. The molecule has 0 heterocycles. The molecule has 0 spiro atoms. The third-order valence-corrected chi connectivity index (χ3v) is 3.30. The standard InChI is InChI=1S/C17H29N3O3.HI/c1-18-17(19-10-6-7-11-23-13-12-21-2)20-14-15-8-4-5-9-16(15)22-3;/h4-5,8-9H,6-7,10-14H2,1-3H3,(H2,18,19,20);1H. The van der Waals surface area contributed by atoms with Gasteiger partial charge in [-0.15, -0.1) is 24.0 Å². The maximum absolute atomic E-state index is 5.43. The monoisotopic (exact) mass is 451 g/mol. The first kappa shape index (κ1) is 22.9. The van der Waals surface area contributed by atoms with Crippen molar-refractivity contribution < 1.29 is 14.2 Å². The molecule has 0 aromatic heterocycles. The maximum Gasteiger partial charge on any atom is 0.191 e. The van der Waals surface area contributed by atoms with Crippen molar-refractivity contribution in [2.24, 2.45) is 4.99 Å². The molecule has 138 valence electrons. The lowest BCUT2D eigenvalue weighted by molar-refractivity contribution is 0.0689. The van der Waals surface area contributed by atoms with Crippen LogP contribution in [0, 0.1) is 0 Å². The van der Waals surface area contributed by atoms with Crippen molar-refractivity contribution in [2.75, 3.05) is 47.6 Å². The molecule has 0 amide bonds. The Morgan fingerprint density at radius 1 is 1.04 bits per heavy atom. The van der Waals surface area contributed by atoms with E-state index in [9.17, 15) is 0 Å². The largest absolute Gasteiger partial charge is 0.496 e. The summed E-state index contributed by atoms with van der Waals surface area (Å²) in [6.45, 7) is 3.60. The Balaban J connectivity index is 0.00000529. The van der Waals surface area contributed by atoms with Crippen molar-refractivity contribution in [3.63, 3.8) is 0 Å². The summed E-state index contributed by atoms with van der Waals surface area (Å²) in [5.41, 5.74) is 1.10. The molecule has 0 fully saturated rings. The number of guanidine groups is 1. The molecule has 24 heavy (non-hydrogen) atoms. The number of ether oxygens (including phenoxy) is 3. The second kappa shape index (κ2) is 15.5. The number of nitrogens with one attached hydrogen (secondary N) is 2. The van der Waals surface area contributed by atoms with Crippen LogP contribution in [0.2, 0.25) is 0 Å². The normalized spacial score (nSPS) is 10.9. The van der Waals surface area contributed by atoms with Crippen molar-refractivity contribution >= 4 is 29.9 Å². The van der Waals surface area contributed by atoms with E-state index in [0.717, 1.165) is 43.3 Å². The van der Waals surface area contributed by atoms with E-state index >= 15 is 0 Å². The number of nitrogens with zero attached hydrogens (tertiary/aromatic N) is 1. The molecule has 6 nitrogen and oxygen atoms in total. The van der Waals surface area contributed by atoms with Gasteiger partial charge in [-0.1, -0.05) is 18.2 Å². The van der Waals surface area contributed by atoms with Crippen molar-refractivity contribution in [3.8, 4) is 5.75 Å². The zero-order valence-electron chi connectivity index (χ0n) is 14.8. The van der Waals surface area contributed by atoms with E-state index < -0.39 is 0 Å². The molecule has 0 saturated heterocycles. The Kier molecular flexibility index (Phi) is 14.8. The molecular weight excluding hydrogens is 421 g/mol. The summed E-state index contributed by atoms with van der Waals surface area (Å²) in [5, 5.41) is 6.59. The van der Waals surface area contributed by atoms with Crippen LogP contribution >= 0.6 is 24.0 Å². The van der Waals surface area contributed by atoms with Gasteiger partial charge in [0.15, 0.2) is 5.96 Å². The molecule has 0 atom stereocenters. The average molecular weight is 451 g/mol. The lowest BCUT2D eigenvalue weighted by Crippen LogP contribution is -2.37. The summed E-state index contributed by atoms with van der Waals surface area (Å²) in [6, 6.07) is 7.96. The number of halogens is 1. The van der Waals surface area contributed by atoms with Gasteiger partial charge in [0.25, 0.3) is 0 Å². The summed E-state index contributed by atoms with van der Waals surface area (Å²) < 4.78 is 15.7. The SMILES string of the molecule is CN=C(NCCCCOCCOC)NCc1ccccc1OC.I. The quantitative estimate of drug-likeness (QED) is 0.234. The van der Waals surface area contributed by atoms with Crippen molar-refractivity contribution in [1.29, 1.82) is 0 Å². The van der Waals surface area contributed by atoms with Gasteiger partial charge in [-0.05, 0) is 18.9 Å². The maximum atomic E-state index is 5.43. The number of para-hydroxylation sites is 1. The van der Waals surface area contributed by atoms with E-state index in [1.807, 2.05) is 24.3 Å². The lowest BCUT2D eigenvalue weighted by atomic mass is 10.2. The second-order valence-electron chi connectivity index (χ2n) is 4.98. The molecule has 0 saturated carbocycles. The molecule has 0 aliphatic carbocycles. The Morgan fingerprint density at radius 2 is 1.83 bits per heavy atom. The Hall–Kier alpha value is -1.06. The molecule has 1 rings (SSSR count). The summed E-state index contributed by atoms with van der Waals surface area (Å²) in [6.07, 6.45) is 2.04. The Labute approximate surface area is 162 Å².